The molecule has 0 fully saturated rings. The van der Waals surface area contributed by atoms with E-state index in [1.807, 2.05) is 0 Å². The summed E-state index contributed by atoms with van der Waals surface area (Å²) in [7, 11) is 0. The van der Waals surface area contributed by atoms with Crippen molar-refractivity contribution in [1.29, 1.82) is 0 Å². The molecule has 1 atom stereocenters. The number of hydrogen-bond acceptors (Lipinski definition) is 2. The Kier molecular flexibility index (Phi) is 5.56. The van der Waals surface area contributed by atoms with Gasteiger partial charge in [0.2, 0.25) is 0 Å². The van der Waals surface area contributed by atoms with Gasteiger partial charge in [0.1, 0.15) is 11.6 Å². The van der Waals surface area contributed by atoms with Crippen molar-refractivity contribution in [2.45, 2.75) is 13.8 Å². The number of ether oxygens (including phenoxy) is 1. The first kappa shape index (κ1) is 13.3. The fraction of sp³-hybridized carbons (Fsp3) is 0.500. The minimum absolute atomic E-state index is 0.315. The summed E-state index contributed by atoms with van der Waals surface area (Å²) in [6.45, 7) is 6.56. The molecule has 1 N–H and O–H groups in total. The highest BCUT2D eigenvalue weighted by Crippen LogP contribution is 2.25. The molecule has 0 saturated heterocycles. The van der Waals surface area contributed by atoms with Crippen LogP contribution in [0.3, 0.4) is 0 Å². The van der Waals surface area contributed by atoms with E-state index in [4.69, 9.17) is 16.3 Å². The monoisotopic (exact) mass is 245 g/mol. The highest BCUT2D eigenvalue weighted by Gasteiger charge is 2.06. The highest BCUT2D eigenvalue weighted by molar-refractivity contribution is 6.32. The Morgan fingerprint density at radius 3 is 2.88 bits per heavy atom. The summed E-state index contributed by atoms with van der Waals surface area (Å²) in [6, 6.07) is 4.15. The van der Waals surface area contributed by atoms with Crippen molar-refractivity contribution in [1.82, 2.24) is 5.32 Å². The number of hydrogen-bond donors (Lipinski definition) is 1. The lowest BCUT2D eigenvalue weighted by Crippen LogP contribution is -2.24. The quantitative estimate of drug-likeness (QED) is 0.832. The maximum absolute atomic E-state index is 12.8. The largest absolute Gasteiger partial charge is 0.492 e. The molecule has 16 heavy (non-hydrogen) atoms. The fourth-order valence-electron chi connectivity index (χ4n) is 1.27. The predicted molar refractivity (Wildman–Crippen MR) is 64.6 cm³/mol. The first-order valence-corrected chi connectivity index (χ1v) is 5.79. The molecule has 0 amide bonds. The molecule has 0 spiro atoms. The van der Waals surface area contributed by atoms with Crippen molar-refractivity contribution in [3.8, 4) is 5.75 Å². The van der Waals surface area contributed by atoms with E-state index in [9.17, 15) is 4.39 Å². The first-order valence-electron chi connectivity index (χ1n) is 5.42. The van der Waals surface area contributed by atoms with Crippen molar-refractivity contribution in [3.63, 3.8) is 0 Å². The van der Waals surface area contributed by atoms with Crippen LogP contribution in [0.15, 0.2) is 18.2 Å². The summed E-state index contributed by atoms with van der Waals surface area (Å²) in [5.41, 5.74) is 0. The Morgan fingerprint density at radius 2 is 2.25 bits per heavy atom. The Labute approximate surface area is 101 Å². The normalized spacial score (nSPS) is 12.5. The van der Waals surface area contributed by atoms with E-state index in [1.165, 1.54) is 12.1 Å². The molecule has 90 valence electrons. The van der Waals surface area contributed by atoms with Crippen LogP contribution in [0, 0.1) is 11.7 Å². The zero-order chi connectivity index (χ0) is 12.0. The van der Waals surface area contributed by atoms with E-state index >= 15 is 0 Å². The third kappa shape index (κ3) is 4.37. The molecule has 0 aliphatic rings. The van der Waals surface area contributed by atoms with Crippen LogP contribution in [-0.4, -0.2) is 19.7 Å². The molecular weight excluding hydrogens is 229 g/mol. The summed E-state index contributed by atoms with van der Waals surface area (Å²) in [5, 5.41) is 3.55. The molecule has 0 aliphatic heterocycles. The molecule has 0 radical (unpaired) electrons. The van der Waals surface area contributed by atoms with E-state index in [0.717, 1.165) is 13.1 Å². The lowest BCUT2D eigenvalue weighted by molar-refractivity contribution is 0.256. The van der Waals surface area contributed by atoms with Gasteiger partial charge in [0.15, 0.2) is 0 Å². The van der Waals surface area contributed by atoms with E-state index < -0.39 is 0 Å². The Morgan fingerprint density at radius 1 is 1.50 bits per heavy atom. The van der Waals surface area contributed by atoms with Gasteiger partial charge in [0.05, 0.1) is 11.6 Å². The first-order chi connectivity index (χ1) is 7.63. The van der Waals surface area contributed by atoms with E-state index in [-0.39, 0.29) is 5.82 Å². The van der Waals surface area contributed by atoms with Crippen LogP contribution in [-0.2, 0) is 0 Å². The van der Waals surface area contributed by atoms with Crippen molar-refractivity contribution in [3.05, 3.63) is 29.0 Å². The number of nitrogens with one attached hydrogen (secondary N) is 1. The van der Waals surface area contributed by atoms with Crippen LogP contribution < -0.4 is 10.1 Å². The molecule has 0 bridgehead atoms. The maximum atomic E-state index is 12.8. The van der Waals surface area contributed by atoms with Gasteiger partial charge < -0.3 is 10.1 Å². The molecule has 0 aromatic heterocycles. The number of halogens is 2. The van der Waals surface area contributed by atoms with Crippen LogP contribution in [0.1, 0.15) is 13.8 Å². The van der Waals surface area contributed by atoms with Crippen molar-refractivity contribution >= 4 is 11.6 Å². The van der Waals surface area contributed by atoms with Gasteiger partial charge in [-0.15, -0.1) is 0 Å². The van der Waals surface area contributed by atoms with Gasteiger partial charge in [-0.3, -0.25) is 0 Å². The second-order valence-electron chi connectivity index (χ2n) is 3.80. The van der Waals surface area contributed by atoms with E-state index in [1.54, 1.807) is 6.07 Å². The summed E-state index contributed by atoms with van der Waals surface area (Å²) < 4.78 is 18.3. The molecule has 0 aliphatic carbocycles. The standard InChI is InChI=1S/C12H17ClFNO/c1-3-15-7-9(2)8-16-12-5-4-10(14)6-11(12)13/h4-6,9,15H,3,7-8H2,1-2H3. The molecule has 1 aromatic rings. The van der Waals surface area contributed by atoms with Gasteiger partial charge in [0, 0.05) is 12.5 Å². The van der Waals surface area contributed by atoms with Crippen molar-refractivity contribution in [2.24, 2.45) is 5.92 Å². The topological polar surface area (TPSA) is 21.3 Å². The maximum Gasteiger partial charge on any atom is 0.138 e. The minimum Gasteiger partial charge on any atom is -0.492 e. The highest BCUT2D eigenvalue weighted by atomic mass is 35.5. The van der Waals surface area contributed by atoms with Crippen LogP contribution in [0.25, 0.3) is 0 Å². The molecule has 2 nitrogen and oxygen atoms in total. The molecule has 1 aromatic carbocycles. The summed E-state index contributed by atoms with van der Waals surface area (Å²) in [4.78, 5) is 0. The van der Waals surface area contributed by atoms with Crippen molar-refractivity contribution in [2.75, 3.05) is 19.7 Å². The minimum atomic E-state index is -0.349. The summed E-state index contributed by atoms with van der Waals surface area (Å²) in [5.74, 6) is 0.575. The average Bonchev–Trinajstić information content (AvgIpc) is 2.25. The SMILES string of the molecule is CCNCC(C)COc1ccc(F)cc1Cl. The van der Waals surface area contributed by atoms with Gasteiger partial charge in [0.25, 0.3) is 0 Å². The molecule has 1 unspecified atom stereocenters. The van der Waals surface area contributed by atoms with Gasteiger partial charge in [-0.1, -0.05) is 25.4 Å². The van der Waals surface area contributed by atoms with Crippen molar-refractivity contribution < 1.29 is 9.13 Å². The van der Waals surface area contributed by atoms with Gasteiger partial charge in [-0.25, -0.2) is 4.39 Å². The molecule has 0 saturated carbocycles. The second kappa shape index (κ2) is 6.71. The Hall–Kier alpha value is -0.800. The van der Waals surface area contributed by atoms with E-state index in [0.29, 0.717) is 23.3 Å². The molecule has 1 rings (SSSR count). The number of benzene rings is 1. The number of rotatable bonds is 6. The molecular formula is C12H17ClFNO. The smallest absolute Gasteiger partial charge is 0.138 e. The van der Waals surface area contributed by atoms with Crippen LogP contribution >= 0.6 is 11.6 Å². The third-order valence-corrected chi connectivity index (χ3v) is 2.46. The predicted octanol–water partition coefficient (Wildman–Crippen LogP) is 3.10. The zero-order valence-corrected chi connectivity index (χ0v) is 10.4. The lowest BCUT2D eigenvalue weighted by atomic mass is 10.2. The van der Waals surface area contributed by atoms with Crippen LogP contribution in [0.4, 0.5) is 4.39 Å². The fourth-order valence-corrected chi connectivity index (χ4v) is 1.50. The molecule has 0 heterocycles. The average molecular weight is 246 g/mol. The summed E-state index contributed by atoms with van der Waals surface area (Å²) in [6.07, 6.45) is 0. The molecule has 4 heteroatoms. The lowest BCUT2D eigenvalue weighted by Gasteiger charge is -2.14. The zero-order valence-electron chi connectivity index (χ0n) is 9.59. The van der Waals surface area contributed by atoms with Gasteiger partial charge >= 0.3 is 0 Å². The van der Waals surface area contributed by atoms with E-state index in [2.05, 4.69) is 19.2 Å². The Bertz CT molecular complexity index is 333. The summed E-state index contributed by atoms with van der Waals surface area (Å²) >= 11 is 5.84. The van der Waals surface area contributed by atoms with Gasteiger partial charge in [-0.2, -0.15) is 0 Å². The second-order valence-corrected chi connectivity index (χ2v) is 4.21. The third-order valence-electron chi connectivity index (χ3n) is 2.16. The Balaban J connectivity index is 2.42. The van der Waals surface area contributed by atoms with Crippen LogP contribution in [0.2, 0.25) is 5.02 Å². The van der Waals surface area contributed by atoms with Gasteiger partial charge in [-0.05, 0) is 24.7 Å². The van der Waals surface area contributed by atoms with Crippen LogP contribution in [0.5, 0.6) is 5.75 Å².